The first kappa shape index (κ1) is 8.65. The van der Waals surface area contributed by atoms with Crippen LogP contribution < -0.4 is 14.9 Å². The lowest BCUT2D eigenvalue weighted by Crippen LogP contribution is -2.75. The fourth-order valence-electron chi connectivity index (χ4n) is 1.91. The summed E-state index contributed by atoms with van der Waals surface area (Å²) in [4.78, 5) is 13.3. The molecule has 0 saturated carbocycles. The minimum Gasteiger partial charge on any atom is -0.312 e. The van der Waals surface area contributed by atoms with Crippen LogP contribution in [0.3, 0.4) is 0 Å². The van der Waals surface area contributed by atoms with Gasteiger partial charge in [-0.1, -0.05) is 0 Å². The molecular formula is C7H18N4Si. The van der Waals surface area contributed by atoms with Crippen molar-refractivity contribution < 1.29 is 0 Å². The molecule has 2 bridgehead atoms. The Balaban J connectivity index is 2.06. The number of rotatable bonds is 0. The SMILES string of the molecule is C[Si]12NCCN(CCN1)CCN2. The lowest BCUT2D eigenvalue weighted by atomic mass is 10.4. The fourth-order valence-corrected chi connectivity index (χ4v) is 4.13. The number of hydrogen-bond acceptors (Lipinski definition) is 4. The molecule has 3 saturated heterocycles. The van der Waals surface area contributed by atoms with E-state index in [9.17, 15) is 0 Å². The Bertz CT molecular complexity index is 137. The Kier molecular flexibility index (Phi) is 2.47. The zero-order valence-electron chi connectivity index (χ0n) is 7.69. The molecule has 3 fully saturated rings. The van der Waals surface area contributed by atoms with Crippen molar-refractivity contribution in [3.05, 3.63) is 0 Å². The highest BCUT2D eigenvalue weighted by atomic mass is 28.4. The molecule has 0 aliphatic carbocycles. The first-order valence-electron chi connectivity index (χ1n) is 4.76. The van der Waals surface area contributed by atoms with E-state index in [2.05, 4.69) is 26.4 Å². The van der Waals surface area contributed by atoms with E-state index < -0.39 is 8.56 Å². The van der Waals surface area contributed by atoms with Gasteiger partial charge in [0.2, 0.25) is 0 Å². The van der Waals surface area contributed by atoms with Crippen LogP contribution in [0, 0.1) is 0 Å². The molecule has 4 nitrogen and oxygen atoms in total. The van der Waals surface area contributed by atoms with Crippen molar-refractivity contribution in [2.45, 2.75) is 6.55 Å². The van der Waals surface area contributed by atoms with Crippen LogP contribution >= 0.6 is 0 Å². The van der Waals surface area contributed by atoms with Gasteiger partial charge in [-0.15, -0.1) is 0 Å². The molecule has 0 unspecified atom stereocenters. The highest BCUT2D eigenvalue weighted by molar-refractivity contribution is 6.71. The zero-order valence-corrected chi connectivity index (χ0v) is 8.69. The second kappa shape index (κ2) is 3.43. The van der Waals surface area contributed by atoms with Gasteiger partial charge in [-0.25, -0.2) is 0 Å². The van der Waals surface area contributed by atoms with E-state index in [0.717, 1.165) is 19.6 Å². The molecule has 12 heavy (non-hydrogen) atoms. The normalized spacial score (nSPS) is 43.2. The van der Waals surface area contributed by atoms with Gasteiger partial charge in [0.1, 0.15) is 0 Å². The maximum atomic E-state index is 3.60. The summed E-state index contributed by atoms with van der Waals surface area (Å²) in [5.74, 6) is 0. The van der Waals surface area contributed by atoms with Crippen LogP contribution in [0.15, 0.2) is 0 Å². The third kappa shape index (κ3) is 1.86. The molecule has 0 aromatic rings. The van der Waals surface area contributed by atoms with E-state index in [1.54, 1.807) is 0 Å². The summed E-state index contributed by atoms with van der Waals surface area (Å²) in [5, 5.41) is 0. The van der Waals surface area contributed by atoms with Gasteiger partial charge in [0.05, 0.1) is 0 Å². The summed E-state index contributed by atoms with van der Waals surface area (Å²) < 4.78 is 0. The van der Waals surface area contributed by atoms with Gasteiger partial charge in [-0.05, 0) is 6.55 Å². The van der Waals surface area contributed by atoms with E-state index in [1.807, 2.05) is 0 Å². The molecule has 0 spiro atoms. The average molecular weight is 186 g/mol. The number of nitrogens with one attached hydrogen (secondary N) is 3. The molecule has 5 heteroatoms. The summed E-state index contributed by atoms with van der Waals surface area (Å²) in [7, 11) is -1.46. The molecular weight excluding hydrogens is 168 g/mol. The van der Waals surface area contributed by atoms with E-state index in [-0.39, 0.29) is 0 Å². The summed E-state index contributed by atoms with van der Waals surface area (Å²) in [6.45, 7) is 9.34. The van der Waals surface area contributed by atoms with Crippen molar-refractivity contribution in [3.63, 3.8) is 0 Å². The van der Waals surface area contributed by atoms with Crippen molar-refractivity contribution in [3.8, 4) is 0 Å². The molecule has 70 valence electrons. The summed E-state index contributed by atoms with van der Waals surface area (Å²) in [6, 6.07) is 0. The Hall–Kier alpha value is 0.0569. The molecule has 3 heterocycles. The van der Waals surface area contributed by atoms with Crippen LogP contribution in [0.2, 0.25) is 6.55 Å². The minimum atomic E-state index is -1.46. The van der Waals surface area contributed by atoms with Gasteiger partial charge in [-0.3, -0.25) is 4.90 Å². The molecule has 0 amide bonds. The lowest BCUT2D eigenvalue weighted by Gasteiger charge is -2.39. The molecule has 0 aromatic heterocycles. The van der Waals surface area contributed by atoms with Crippen molar-refractivity contribution in [1.82, 2.24) is 19.8 Å². The fraction of sp³-hybridized carbons (Fsp3) is 1.00. The molecule has 3 rings (SSSR count). The molecule has 0 radical (unpaired) electrons. The molecule has 0 aromatic carbocycles. The largest absolute Gasteiger partial charge is 0.312 e. The van der Waals surface area contributed by atoms with Crippen LogP contribution in [-0.4, -0.2) is 52.7 Å². The Morgan fingerprint density at radius 3 is 1.75 bits per heavy atom. The summed E-state index contributed by atoms with van der Waals surface area (Å²) >= 11 is 0. The van der Waals surface area contributed by atoms with Crippen LogP contribution in [0.25, 0.3) is 0 Å². The third-order valence-corrected chi connectivity index (χ3v) is 5.59. The van der Waals surface area contributed by atoms with E-state index in [1.165, 1.54) is 19.6 Å². The maximum absolute atomic E-state index is 3.60. The Labute approximate surface area is 74.9 Å². The highest BCUT2D eigenvalue weighted by Crippen LogP contribution is 1.98. The Morgan fingerprint density at radius 1 is 0.917 bits per heavy atom. The van der Waals surface area contributed by atoms with Crippen LogP contribution in [0.4, 0.5) is 0 Å². The van der Waals surface area contributed by atoms with Crippen molar-refractivity contribution in [2.24, 2.45) is 0 Å². The topological polar surface area (TPSA) is 39.3 Å². The predicted molar refractivity (Wildman–Crippen MR) is 52.1 cm³/mol. The van der Waals surface area contributed by atoms with Gasteiger partial charge in [0.15, 0.2) is 0 Å². The smallest absolute Gasteiger partial charge is 0.278 e. The minimum absolute atomic E-state index is 1.13. The first-order valence-corrected chi connectivity index (χ1v) is 7.26. The van der Waals surface area contributed by atoms with Gasteiger partial charge in [0, 0.05) is 39.3 Å². The lowest BCUT2D eigenvalue weighted by molar-refractivity contribution is 0.267. The van der Waals surface area contributed by atoms with E-state index >= 15 is 0 Å². The van der Waals surface area contributed by atoms with E-state index in [0.29, 0.717) is 0 Å². The quantitative estimate of drug-likeness (QED) is 0.409. The van der Waals surface area contributed by atoms with Crippen LogP contribution in [0.5, 0.6) is 0 Å². The maximum Gasteiger partial charge on any atom is 0.278 e. The summed E-state index contributed by atoms with van der Waals surface area (Å²) in [5.41, 5.74) is 0. The standard InChI is InChI=1S/C7H18N4Si/c1-12-8-2-5-11(6-3-9-12)7-4-10-12/h8-10H,2-7H2,1H3. The molecule has 3 aliphatic rings. The second-order valence-corrected chi connectivity index (χ2v) is 7.06. The van der Waals surface area contributed by atoms with Crippen molar-refractivity contribution >= 4 is 8.56 Å². The summed E-state index contributed by atoms with van der Waals surface area (Å²) in [6.07, 6.45) is 0. The third-order valence-electron chi connectivity index (χ3n) is 2.72. The zero-order chi connectivity index (χ0) is 8.44. The van der Waals surface area contributed by atoms with Gasteiger partial charge < -0.3 is 14.9 Å². The van der Waals surface area contributed by atoms with Crippen LogP contribution in [0.1, 0.15) is 0 Å². The molecule has 3 aliphatic heterocycles. The molecule has 0 atom stereocenters. The molecule has 3 N–H and O–H groups in total. The van der Waals surface area contributed by atoms with Crippen molar-refractivity contribution in [1.29, 1.82) is 0 Å². The predicted octanol–water partition coefficient (Wildman–Crippen LogP) is -1.35. The second-order valence-electron chi connectivity index (χ2n) is 3.75. The number of fused-ring (bicyclic) bond motifs is 6. The van der Waals surface area contributed by atoms with Gasteiger partial charge in [0.25, 0.3) is 8.56 Å². The average Bonchev–Trinajstić information content (AvgIpc) is 1.93. The number of hydrogen-bond donors (Lipinski definition) is 3. The van der Waals surface area contributed by atoms with Gasteiger partial charge in [-0.2, -0.15) is 0 Å². The monoisotopic (exact) mass is 186 g/mol. The van der Waals surface area contributed by atoms with Crippen molar-refractivity contribution in [2.75, 3.05) is 39.3 Å². The van der Waals surface area contributed by atoms with Crippen LogP contribution in [-0.2, 0) is 0 Å². The Morgan fingerprint density at radius 2 is 1.33 bits per heavy atom. The van der Waals surface area contributed by atoms with Gasteiger partial charge >= 0.3 is 0 Å². The first-order chi connectivity index (χ1) is 5.79. The van der Waals surface area contributed by atoms with E-state index in [4.69, 9.17) is 0 Å². The number of nitrogens with zero attached hydrogens (tertiary/aromatic N) is 1. The highest BCUT2D eigenvalue weighted by Gasteiger charge is 2.30.